The summed E-state index contributed by atoms with van der Waals surface area (Å²) in [6.45, 7) is 5.07. The van der Waals surface area contributed by atoms with Crippen molar-refractivity contribution in [3.63, 3.8) is 0 Å². The van der Waals surface area contributed by atoms with E-state index in [2.05, 4.69) is 21.8 Å². The molecule has 0 saturated carbocycles. The highest BCUT2D eigenvalue weighted by Crippen LogP contribution is 2.33. The first kappa shape index (κ1) is 17.4. The molecule has 0 aromatic carbocycles. The van der Waals surface area contributed by atoms with Gasteiger partial charge in [0.05, 0.1) is 34.8 Å². The zero-order valence-corrected chi connectivity index (χ0v) is 14.7. The van der Waals surface area contributed by atoms with Gasteiger partial charge < -0.3 is 19.7 Å². The number of anilines is 1. The zero-order valence-electron chi connectivity index (χ0n) is 14.7. The molecule has 7 heteroatoms. The highest BCUT2D eigenvalue weighted by molar-refractivity contribution is 5.94. The van der Waals surface area contributed by atoms with Crippen LogP contribution in [0.1, 0.15) is 44.1 Å². The van der Waals surface area contributed by atoms with Gasteiger partial charge in [0.15, 0.2) is 0 Å². The number of hydrogen-bond acceptors (Lipinski definition) is 6. The maximum atomic E-state index is 12.3. The monoisotopic (exact) mass is 342 g/mol. The first-order valence-electron chi connectivity index (χ1n) is 8.33. The van der Waals surface area contributed by atoms with Gasteiger partial charge in [-0.25, -0.2) is 0 Å². The number of piperidine rings is 1. The van der Waals surface area contributed by atoms with Crippen molar-refractivity contribution in [3.05, 3.63) is 33.9 Å². The molecule has 0 unspecified atom stereocenters. The molecule has 25 heavy (non-hydrogen) atoms. The van der Waals surface area contributed by atoms with Gasteiger partial charge in [0, 0.05) is 25.6 Å². The van der Waals surface area contributed by atoms with Crippen LogP contribution in [0.15, 0.2) is 17.1 Å². The SMILES string of the molecule is COC1(C)CCN(c2c(C#N)c(=O)[nH]c3cnc([C@H](C)O)cc23)CC1. The van der Waals surface area contributed by atoms with Gasteiger partial charge in [0.25, 0.3) is 5.56 Å². The minimum absolute atomic E-state index is 0.0938. The smallest absolute Gasteiger partial charge is 0.268 e. The lowest BCUT2D eigenvalue weighted by atomic mass is 9.92. The van der Waals surface area contributed by atoms with Crippen LogP contribution in [-0.4, -0.2) is 40.9 Å². The van der Waals surface area contributed by atoms with Crippen LogP contribution >= 0.6 is 0 Å². The number of aliphatic hydroxyl groups excluding tert-OH is 1. The van der Waals surface area contributed by atoms with E-state index in [1.807, 2.05) is 6.07 Å². The Kier molecular flexibility index (Phi) is 4.50. The molecule has 1 aliphatic rings. The fourth-order valence-electron chi connectivity index (χ4n) is 3.26. The molecule has 1 fully saturated rings. The summed E-state index contributed by atoms with van der Waals surface area (Å²) in [5.41, 5.74) is 1.16. The molecule has 7 nitrogen and oxygen atoms in total. The van der Waals surface area contributed by atoms with E-state index in [0.29, 0.717) is 30.0 Å². The molecular formula is C18H22N4O3. The molecule has 2 aromatic rings. The number of aliphatic hydroxyl groups is 1. The zero-order chi connectivity index (χ0) is 18.2. The second kappa shape index (κ2) is 6.47. The van der Waals surface area contributed by atoms with Crippen LogP contribution in [0.4, 0.5) is 5.69 Å². The van der Waals surface area contributed by atoms with Crippen LogP contribution in [0.25, 0.3) is 10.9 Å². The number of ether oxygens (including phenoxy) is 1. The topological polar surface area (TPSA) is 102 Å². The third-order valence-electron chi connectivity index (χ3n) is 5.06. The highest BCUT2D eigenvalue weighted by atomic mass is 16.5. The lowest BCUT2D eigenvalue weighted by Crippen LogP contribution is -2.44. The molecule has 0 aliphatic carbocycles. The molecule has 0 spiro atoms. The minimum Gasteiger partial charge on any atom is -0.387 e. The second-order valence-electron chi connectivity index (χ2n) is 6.76. The number of nitrogens with one attached hydrogen (secondary N) is 1. The number of aromatic nitrogens is 2. The van der Waals surface area contributed by atoms with Gasteiger partial charge in [-0.1, -0.05) is 0 Å². The van der Waals surface area contributed by atoms with E-state index in [0.717, 1.165) is 18.2 Å². The average molecular weight is 342 g/mol. The van der Waals surface area contributed by atoms with Crippen molar-refractivity contribution in [2.24, 2.45) is 0 Å². The number of nitriles is 1. The van der Waals surface area contributed by atoms with Crippen molar-refractivity contribution in [2.75, 3.05) is 25.1 Å². The van der Waals surface area contributed by atoms with Crippen LogP contribution in [0.5, 0.6) is 0 Å². The van der Waals surface area contributed by atoms with Crippen molar-refractivity contribution in [1.82, 2.24) is 9.97 Å². The van der Waals surface area contributed by atoms with Gasteiger partial charge in [0.1, 0.15) is 11.6 Å². The van der Waals surface area contributed by atoms with Crippen molar-refractivity contribution < 1.29 is 9.84 Å². The fraction of sp³-hybridized carbons (Fsp3) is 0.500. The summed E-state index contributed by atoms with van der Waals surface area (Å²) in [6.07, 6.45) is 2.41. The minimum atomic E-state index is -0.729. The Balaban J connectivity index is 2.16. The number of aromatic amines is 1. The van der Waals surface area contributed by atoms with E-state index >= 15 is 0 Å². The molecule has 3 heterocycles. The summed E-state index contributed by atoms with van der Waals surface area (Å²) >= 11 is 0. The van der Waals surface area contributed by atoms with Gasteiger partial charge >= 0.3 is 0 Å². The predicted octanol–water partition coefficient (Wildman–Crippen LogP) is 1.85. The van der Waals surface area contributed by atoms with Gasteiger partial charge in [0.2, 0.25) is 0 Å². The van der Waals surface area contributed by atoms with Crippen molar-refractivity contribution >= 4 is 16.6 Å². The van der Waals surface area contributed by atoms with Crippen LogP contribution < -0.4 is 10.5 Å². The first-order chi connectivity index (χ1) is 11.9. The molecule has 2 aromatic heterocycles. The number of hydrogen-bond donors (Lipinski definition) is 2. The predicted molar refractivity (Wildman–Crippen MR) is 94.6 cm³/mol. The maximum absolute atomic E-state index is 12.3. The molecule has 3 rings (SSSR count). The van der Waals surface area contributed by atoms with Gasteiger partial charge in [-0.3, -0.25) is 9.78 Å². The Morgan fingerprint density at radius 1 is 1.48 bits per heavy atom. The van der Waals surface area contributed by atoms with Crippen LogP contribution in [0.2, 0.25) is 0 Å². The summed E-state index contributed by atoms with van der Waals surface area (Å²) in [6, 6.07) is 3.78. The van der Waals surface area contributed by atoms with Crippen molar-refractivity contribution in [1.29, 1.82) is 5.26 Å². The van der Waals surface area contributed by atoms with Gasteiger partial charge in [-0.15, -0.1) is 0 Å². The lowest BCUT2D eigenvalue weighted by molar-refractivity contribution is -0.0132. The van der Waals surface area contributed by atoms with E-state index in [1.165, 1.54) is 6.20 Å². The van der Waals surface area contributed by atoms with E-state index in [4.69, 9.17) is 4.74 Å². The molecule has 2 N–H and O–H groups in total. The largest absolute Gasteiger partial charge is 0.387 e. The van der Waals surface area contributed by atoms with E-state index in [-0.39, 0.29) is 11.2 Å². The molecule has 132 valence electrons. The molecule has 0 amide bonds. The summed E-state index contributed by atoms with van der Waals surface area (Å²) in [5, 5.41) is 20.1. The Morgan fingerprint density at radius 3 is 2.72 bits per heavy atom. The summed E-state index contributed by atoms with van der Waals surface area (Å²) < 4.78 is 5.58. The third kappa shape index (κ3) is 3.11. The van der Waals surface area contributed by atoms with E-state index in [9.17, 15) is 15.2 Å². The second-order valence-corrected chi connectivity index (χ2v) is 6.76. The Labute approximate surface area is 145 Å². The molecular weight excluding hydrogens is 320 g/mol. The number of nitrogens with zero attached hydrogens (tertiary/aromatic N) is 3. The average Bonchev–Trinajstić information content (AvgIpc) is 2.61. The Morgan fingerprint density at radius 2 is 2.16 bits per heavy atom. The van der Waals surface area contributed by atoms with E-state index in [1.54, 1.807) is 20.1 Å². The molecule has 1 aliphatic heterocycles. The van der Waals surface area contributed by atoms with Crippen LogP contribution in [0.3, 0.4) is 0 Å². The summed E-state index contributed by atoms with van der Waals surface area (Å²) in [5.74, 6) is 0. The Hall–Kier alpha value is -2.43. The number of pyridine rings is 2. The normalized spacial score (nSPS) is 18.1. The summed E-state index contributed by atoms with van der Waals surface area (Å²) in [4.78, 5) is 21.3. The summed E-state index contributed by atoms with van der Waals surface area (Å²) in [7, 11) is 1.71. The maximum Gasteiger partial charge on any atom is 0.268 e. The number of methoxy groups -OCH3 is 1. The number of fused-ring (bicyclic) bond motifs is 1. The van der Waals surface area contributed by atoms with Crippen molar-refractivity contribution in [3.8, 4) is 6.07 Å². The lowest BCUT2D eigenvalue weighted by Gasteiger charge is -2.40. The molecule has 1 saturated heterocycles. The standard InChI is InChI=1S/C18H22N4O3/c1-11(23)14-8-12-15(10-20-14)21-17(24)13(9-19)16(12)22-6-4-18(2,25-3)5-7-22/h8,10-11,23H,4-7H2,1-3H3,(H,21,24)/t11-/m0/s1. The highest BCUT2D eigenvalue weighted by Gasteiger charge is 2.32. The van der Waals surface area contributed by atoms with Crippen LogP contribution in [0, 0.1) is 11.3 Å². The van der Waals surface area contributed by atoms with E-state index < -0.39 is 11.7 Å². The number of rotatable bonds is 3. The fourth-order valence-corrected chi connectivity index (χ4v) is 3.26. The molecule has 0 bridgehead atoms. The van der Waals surface area contributed by atoms with Crippen LogP contribution in [-0.2, 0) is 4.74 Å². The molecule has 1 atom stereocenters. The molecule has 0 radical (unpaired) electrons. The van der Waals surface area contributed by atoms with Gasteiger partial charge in [-0.05, 0) is 32.8 Å². The van der Waals surface area contributed by atoms with Crippen molar-refractivity contribution in [2.45, 2.75) is 38.4 Å². The number of H-pyrrole nitrogens is 1. The quantitative estimate of drug-likeness (QED) is 0.882. The third-order valence-corrected chi connectivity index (χ3v) is 5.06. The van der Waals surface area contributed by atoms with Gasteiger partial charge in [-0.2, -0.15) is 5.26 Å². The first-order valence-corrected chi connectivity index (χ1v) is 8.33. The Bertz CT molecular complexity index is 890.